The quantitative estimate of drug-likeness (QED) is 0.581. The van der Waals surface area contributed by atoms with Gasteiger partial charge in [-0.15, -0.1) is 11.3 Å². The van der Waals surface area contributed by atoms with Crippen LogP contribution in [-0.4, -0.2) is 16.6 Å². The van der Waals surface area contributed by atoms with Gasteiger partial charge in [-0.3, -0.25) is 4.79 Å². The van der Waals surface area contributed by atoms with Gasteiger partial charge in [-0.1, -0.05) is 48.2 Å². The molecule has 0 spiro atoms. The highest BCUT2D eigenvalue weighted by Gasteiger charge is 2.22. The number of carbonyl (C=O) groups is 1. The number of benzene rings is 1. The molecule has 2 aromatic heterocycles. The zero-order chi connectivity index (χ0) is 20.8. The molecule has 0 bridgehead atoms. The molecule has 0 fully saturated rings. The minimum atomic E-state index is -0.183. The van der Waals surface area contributed by atoms with Gasteiger partial charge in [-0.05, 0) is 23.9 Å². The van der Waals surface area contributed by atoms with Gasteiger partial charge in [0.05, 0.1) is 17.4 Å². The number of pyridine rings is 1. The molecule has 0 aliphatic carbocycles. The molecule has 0 saturated carbocycles. The van der Waals surface area contributed by atoms with E-state index < -0.39 is 0 Å². The number of thioether (sulfide) groups is 1. The first-order valence-electron chi connectivity index (χ1n) is 8.69. The average Bonchev–Trinajstić information content (AvgIpc) is 3.26. The lowest BCUT2D eigenvalue weighted by Crippen LogP contribution is -2.28. The predicted molar refractivity (Wildman–Crippen MR) is 115 cm³/mol. The van der Waals surface area contributed by atoms with E-state index in [2.05, 4.69) is 16.4 Å². The zero-order valence-electron chi connectivity index (χ0n) is 15.5. The van der Waals surface area contributed by atoms with E-state index in [-0.39, 0.29) is 34.6 Å². The van der Waals surface area contributed by atoms with Gasteiger partial charge in [0.2, 0.25) is 5.91 Å². The lowest BCUT2D eigenvalue weighted by atomic mass is 10.0. The smallest absolute Gasteiger partial charge is 0.230 e. The summed E-state index contributed by atoms with van der Waals surface area (Å²) in [5, 5.41) is 24.3. The molecule has 0 aliphatic rings. The van der Waals surface area contributed by atoms with Crippen molar-refractivity contribution in [2.24, 2.45) is 0 Å². The second-order valence-corrected chi connectivity index (χ2v) is 8.03. The van der Waals surface area contributed by atoms with E-state index in [1.165, 1.54) is 11.3 Å². The summed E-state index contributed by atoms with van der Waals surface area (Å²) in [5.74, 6) is -0.0539. The number of carbonyl (C=O) groups excluding carboxylic acids is 1. The molecule has 3 aromatic rings. The molecule has 0 saturated heterocycles. The Kier molecular flexibility index (Phi) is 6.50. The van der Waals surface area contributed by atoms with Crippen LogP contribution in [0.4, 0.5) is 5.82 Å². The molecular weight excluding hydrogens is 402 g/mol. The molecule has 1 amide bonds. The van der Waals surface area contributed by atoms with Gasteiger partial charge in [0.25, 0.3) is 0 Å². The van der Waals surface area contributed by atoms with Gasteiger partial charge >= 0.3 is 0 Å². The first-order valence-corrected chi connectivity index (χ1v) is 10.6. The number of nitriles is 2. The highest BCUT2D eigenvalue weighted by atomic mass is 32.2. The number of nitrogens with zero attached hydrogens (tertiary/aromatic N) is 3. The summed E-state index contributed by atoms with van der Waals surface area (Å²) in [6.45, 7) is 1.91. The highest BCUT2D eigenvalue weighted by molar-refractivity contribution is 8.00. The van der Waals surface area contributed by atoms with Gasteiger partial charge in [-0.25, -0.2) is 4.98 Å². The molecule has 0 radical (unpaired) electrons. The van der Waals surface area contributed by atoms with Crippen LogP contribution in [0.3, 0.4) is 0 Å². The maximum Gasteiger partial charge on any atom is 0.230 e. The van der Waals surface area contributed by atoms with E-state index in [1.807, 2.05) is 60.8 Å². The Morgan fingerprint density at radius 2 is 1.93 bits per heavy atom. The number of aromatic nitrogens is 1. The van der Waals surface area contributed by atoms with Crippen molar-refractivity contribution in [2.75, 3.05) is 11.5 Å². The molecule has 3 N–H and O–H groups in total. The van der Waals surface area contributed by atoms with Crippen LogP contribution in [0.15, 0.2) is 52.9 Å². The molecule has 0 aliphatic heterocycles. The summed E-state index contributed by atoms with van der Waals surface area (Å²) < 4.78 is 0. The fourth-order valence-corrected chi connectivity index (χ4v) is 4.40. The van der Waals surface area contributed by atoms with E-state index in [4.69, 9.17) is 5.73 Å². The van der Waals surface area contributed by atoms with Crippen LogP contribution in [0.1, 0.15) is 29.7 Å². The molecule has 29 heavy (non-hydrogen) atoms. The maximum absolute atomic E-state index is 12.4. The Balaban J connectivity index is 1.82. The van der Waals surface area contributed by atoms with Gasteiger partial charge in [-0.2, -0.15) is 10.5 Å². The Bertz CT molecular complexity index is 1100. The summed E-state index contributed by atoms with van der Waals surface area (Å²) in [6, 6.07) is 17.3. The molecule has 3 rings (SSSR count). The number of anilines is 1. The third-order valence-electron chi connectivity index (χ3n) is 4.20. The summed E-state index contributed by atoms with van der Waals surface area (Å²) in [4.78, 5) is 17.4. The first-order chi connectivity index (χ1) is 14.0. The van der Waals surface area contributed by atoms with Crippen molar-refractivity contribution in [3.63, 3.8) is 0 Å². The predicted octanol–water partition coefficient (Wildman–Crippen LogP) is 4.11. The van der Waals surface area contributed by atoms with E-state index >= 15 is 0 Å². The Morgan fingerprint density at radius 1 is 1.21 bits per heavy atom. The van der Waals surface area contributed by atoms with Crippen molar-refractivity contribution in [1.82, 2.24) is 10.3 Å². The van der Waals surface area contributed by atoms with Crippen LogP contribution in [0.25, 0.3) is 10.4 Å². The minimum Gasteiger partial charge on any atom is -0.383 e. The molecule has 2 heterocycles. The SMILES string of the molecule is C[C@@H](NC(=O)CSc1nc(N)c(C#N)c(-c2cccs2)c1C#N)c1ccccc1. The molecule has 1 atom stereocenters. The van der Waals surface area contributed by atoms with Crippen molar-refractivity contribution in [3.8, 4) is 22.6 Å². The van der Waals surface area contributed by atoms with Crippen molar-refractivity contribution < 1.29 is 4.79 Å². The van der Waals surface area contributed by atoms with E-state index in [9.17, 15) is 15.3 Å². The zero-order valence-corrected chi connectivity index (χ0v) is 17.2. The molecule has 0 unspecified atom stereocenters. The fraction of sp³-hybridized carbons (Fsp3) is 0.143. The van der Waals surface area contributed by atoms with E-state index in [0.717, 1.165) is 22.2 Å². The highest BCUT2D eigenvalue weighted by Crippen LogP contribution is 2.37. The molecule has 1 aromatic carbocycles. The van der Waals surface area contributed by atoms with Crippen molar-refractivity contribution >= 4 is 34.8 Å². The van der Waals surface area contributed by atoms with Gasteiger partial charge in [0.15, 0.2) is 0 Å². The number of nitrogens with one attached hydrogen (secondary N) is 1. The second kappa shape index (κ2) is 9.24. The number of thiophene rings is 1. The lowest BCUT2D eigenvalue weighted by molar-refractivity contribution is -0.119. The van der Waals surface area contributed by atoms with Crippen LogP contribution in [0.5, 0.6) is 0 Å². The summed E-state index contributed by atoms with van der Waals surface area (Å²) in [5.41, 5.74) is 7.88. The largest absolute Gasteiger partial charge is 0.383 e. The van der Waals surface area contributed by atoms with Crippen molar-refractivity contribution in [3.05, 3.63) is 64.5 Å². The van der Waals surface area contributed by atoms with Crippen LogP contribution in [-0.2, 0) is 4.79 Å². The van der Waals surface area contributed by atoms with Crippen LogP contribution in [0.2, 0.25) is 0 Å². The van der Waals surface area contributed by atoms with E-state index in [0.29, 0.717) is 10.6 Å². The fourth-order valence-electron chi connectivity index (χ4n) is 2.81. The third-order valence-corrected chi connectivity index (χ3v) is 6.06. The van der Waals surface area contributed by atoms with Crippen molar-refractivity contribution in [2.45, 2.75) is 18.0 Å². The summed E-state index contributed by atoms with van der Waals surface area (Å²) >= 11 is 2.54. The molecule has 144 valence electrons. The number of amides is 1. The van der Waals surface area contributed by atoms with E-state index in [1.54, 1.807) is 0 Å². The average molecular weight is 420 g/mol. The first kappa shape index (κ1) is 20.4. The Hall–Kier alpha value is -3.33. The summed E-state index contributed by atoms with van der Waals surface area (Å²) in [7, 11) is 0. The normalized spacial score (nSPS) is 11.3. The Morgan fingerprint density at radius 3 is 2.55 bits per heavy atom. The van der Waals surface area contributed by atoms with Gasteiger partial charge in [0, 0.05) is 10.4 Å². The molecular formula is C21H17N5OS2. The molecule has 8 heteroatoms. The number of hydrogen-bond donors (Lipinski definition) is 2. The summed E-state index contributed by atoms with van der Waals surface area (Å²) in [6.07, 6.45) is 0. The maximum atomic E-state index is 12.4. The lowest BCUT2D eigenvalue weighted by Gasteiger charge is -2.15. The molecule has 6 nitrogen and oxygen atoms in total. The standard InChI is InChI=1S/C21H17N5OS2/c1-13(14-6-3-2-4-7-14)25-18(27)12-29-21-16(11-23)19(17-8-5-9-28-17)15(10-22)20(24)26-21/h2-9,13H,12H2,1H3,(H2,24,26)(H,25,27)/t13-/m1/s1. The number of nitrogen functional groups attached to an aromatic ring is 1. The minimum absolute atomic E-state index is 0.0514. The van der Waals surface area contributed by atoms with Crippen LogP contribution >= 0.6 is 23.1 Å². The van der Waals surface area contributed by atoms with Crippen LogP contribution < -0.4 is 11.1 Å². The second-order valence-electron chi connectivity index (χ2n) is 6.12. The number of hydrogen-bond acceptors (Lipinski definition) is 7. The van der Waals surface area contributed by atoms with Crippen LogP contribution in [0, 0.1) is 22.7 Å². The third kappa shape index (κ3) is 4.57. The van der Waals surface area contributed by atoms with Gasteiger partial charge < -0.3 is 11.1 Å². The number of rotatable bonds is 6. The topological polar surface area (TPSA) is 116 Å². The monoisotopic (exact) mass is 419 g/mol. The van der Waals surface area contributed by atoms with Gasteiger partial charge in [0.1, 0.15) is 28.5 Å². The Labute approximate surface area is 177 Å². The van der Waals surface area contributed by atoms with Crippen molar-refractivity contribution in [1.29, 1.82) is 10.5 Å². The number of nitrogens with two attached hydrogens (primary N) is 1.